The average molecular weight is 713 g/mol. The number of amides is 1. The van der Waals surface area contributed by atoms with Gasteiger partial charge in [0.1, 0.15) is 6.10 Å². The van der Waals surface area contributed by atoms with Gasteiger partial charge in [-0.1, -0.05) is 12.1 Å². The van der Waals surface area contributed by atoms with Gasteiger partial charge in [0.25, 0.3) is 0 Å². The molecular formula is C34H25F9N2O5. The van der Waals surface area contributed by atoms with E-state index in [2.05, 4.69) is 4.98 Å². The molecule has 0 aliphatic carbocycles. The average Bonchev–Trinajstić information content (AvgIpc) is 3.31. The maximum Gasteiger partial charge on any atom is 0.416 e. The summed E-state index contributed by atoms with van der Waals surface area (Å²) in [4.78, 5) is 29.7. The first-order valence-corrected chi connectivity index (χ1v) is 14.5. The van der Waals surface area contributed by atoms with Gasteiger partial charge in [0.2, 0.25) is 5.88 Å². The van der Waals surface area contributed by atoms with Crippen LogP contribution in [-0.4, -0.2) is 40.2 Å². The lowest BCUT2D eigenvalue weighted by Crippen LogP contribution is -2.32. The largest absolute Gasteiger partial charge is 0.481 e. The molecule has 1 aliphatic rings. The number of carboxylic acid groups (broad SMARTS) is 1. The van der Waals surface area contributed by atoms with Crippen molar-refractivity contribution in [1.82, 2.24) is 9.88 Å². The number of halogens is 9. The van der Waals surface area contributed by atoms with Crippen LogP contribution in [0, 0.1) is 6.92 Å². The summed E-state index contributed by atoms with van der Waals surface area (Å²) in [6.45, 7) is 2.32. The minimum atomic E-state index is -5.17. The summed E-state index contributed by atoms with van der Waals surface area (Å²) in [5, 5.41) is 9.33. The van der Waals surface area contributed by atoms with Gasteiger partial charge in [0, 0.05) is 17.3 Å². The van der Waals surface area contributed by atoms with E-state index in [0.717, 1.165) is 23.1 Å². The number of cyclic esters (lactones) is 1. The third-order valence-electron chi connectivity index (χ3n) is 8.22. The van der Waals surface area contributed by atoms with E-state index in [0.29, 0.717) is 28.8 Å². The second-order valence-electron chi connectivity index (χ2n) is 11.5. The molecular weight excluding hydrogens is 687 g/mol. The number of hydrogen-bond donors (Lipinski definition) is 1. The molecule has 2 heterocycles. The van der Waals surface area contributed by atoms with Gasteiger partial charge in [0.15, 0.2) is 0 Å². The van der Waals surface area contributed by atoms with Crippen LogP contribution in [0.1, 0.15) is 56.8 Å². The normalized spacial score (nSPS) is 16.8. The molecule has 2 atom stereocenters. The van der Waals surface area contributed by atoms with Crippen molar-refractivity contribution in [1.29, 1.82) is 0 Å². The molecule has 50 heavy (non-hydrogen) atoms. The van der Waals surface area contributed by atoms with Crippen LogP contribution < -0.4 is 4.74 Å². The Morgan fingerprint density at radius 2 is 1.44 bits per heavy atom. The summed E-state index contributed by atoms with van der Waals surface area (Å²) >= 11 is 0. The highest BCUT2D eigenvalue weighted by atomic mass is 19.4. The molecule has 0 spiro atoms. The molecule has 3 aromatic carbocycles. The van der Waals surface area contributed by atoms with Gasteiger partial charge >= 0.3 is 30.6 Å². The first-order valence-electron chi connectivity index (χ1n) is 14.5. The minimum Gasteiger partial charge on any atom is -0.481 e. The highest BCUT2D eigenvalue weighted by molar-refractivity contribution is 5.89. The Morgan fingerprint density at radius 3 is 1.98 bits per heavy atom. The topological polar surface area (TPSA) is 89.0 Å². The predicted octanol–water partition coefficient (Wildman–Crippen LogP) is 9.57. The second-order valence-corrected chi connectivity index (χ2v) is 11.5. The maximum atomic E-state index is 13.9. The van der Waals surface area contributed by atoms with Crippen LogP contribution in [0.2, 0.25) is 0 Å². The minimum absolute atomic E-state index is 0.0163. The van der Waals surface area contributed by atoms with E-state index in [1.165, 1.54) is 44.5 Å². The molecule has 1 amide bonds. The number of ether oxygens (including phenoxy) is 2. The smallest absolute Gasteiger partial charge is 0.416 e. The highest BCUT2D eigenvalue weighted by Crippen LogP contribution is 2.43. The van der Waals surface area contributed by atoms with Crippen LogP contribution >= 0.6 is 0 Å². The van der Waals surface area contributed by atoms with Gasteiger partial charge in [-0.2, -0.15) is 39.5 Å². The van der Waals surface area contributed by atoms with E-state index in [4.69, 9.17) is 9.47 Å². The van der Waals surface area contributed by atoms with Gasteiger partial charge in [0.05, 0.1) is 42.0 Å². The number of aromatic carboxylic acids is 1. The molecule has 1 aliphatic heterocycles. The van der Waals surface area contributed by atoms with Crippen molar-refractivity contribution in [3.8, 4) is 28.1 Å². The number of carbonyl (C=O) groups excluding carboxylic acids is 1. The molecule has 7 nitrogen and oxygen atoms in total. The van der Waals surface area contributed by atoms with Crippen molar-refractivity contribution in [3.05, 3.63) is 106 Å². The first kappa shape index (κ1) is 36.0. The summed E-state index contributed by atoms with van der Waals surface area (Å²) in [5.74, 6) is -1.19. The third kappa shape index (κ3) is 7.19. The molecule has 1 N–H and O–H groups in total. The predicted molar refractivity (Wildman–Crippen MR) is 159 cm³/mol. The number of pyridine rings is 1. The summed E-state index contributed by atoms with van der Waals surface area (Å²) in [6.07, 6.45) is -16.6. The fourth-order valence-electron chi connectivity index (χ4n) is 5.73. The molecule has 16 heteroatoms. The monoisotopic (exact) mass is 712 g/mol. The summed E-state index contributed by atoms with van der Waals surface area (Å²) in [5.41, 5.74) is -3.30. The molecule has 5 rings (SSSR count). The summed E-state index contributed by atoms with van der Waals surface area (Å²) in [7, 11) is 1.26. The molecule has 1 saturated heterocycles. The number of aromatic nitrogens is 1. The first-order chi connectivity index (χ1) is 23.2. The number of methoxy groups -OCH3 is 1. The molecule has 0 bridgehead atoms. The van der Waals surface area contributed by atoms with Crippen molar-refractivity contribution in [2.75, 3.05) is 7.11 Å². The van der Waals surface area contributed by atoms with Crippen LogP contribution in [0.15, 0.2) is 66.9 Å². The number of hydrogen-bond acceptors (Lipinski definition) is 5. The van der Waals surface area contributed by atoms with Crippen molar-refractivity contribution in [2.45, 2.75) is 51.1 Å². The lowest BCUT2D eigenvalue weighted by Gasteiger charge is -2.24. The number of aryl methyl sites for hydroxylation is 1. The van der Waals surface area contributed by atoms with Crippen LogP contribution in [0.5, 0.6) is 5.88 Å². The standard InChI is InChI=1S/C34H25F9N2O5/c1-16-8-18(30(46)47)4-6-25(16)20-12-27(29(49-3)44-14-20)26-7-5-22(32(35,36)37)11-21(26)15-45-17(2)28(50-31(45)48)19-9-23(33(38,39)40)13-24(10-19)34(41,42)43/h4-14,17,28H,15H2,1-3H3,(H,46,47)/t17-,28-/m0/s1. The van der Waals surface area contributed by atoms with Crippen LogP contribution in [0.3, 0.4) is 0 Å². The zero-order valence-corrected chi connectivity index (χ0v) is 26.1. The Labute approximate surface area is 277 Å². The van der Waals surface area contributed by atoms with Crippen molar-refractivity contribution in [3.63, 3.8) is 0 Å². The lowest BCUT2D eigenvalue weighted by molar-refractivity contribution is -0.143. The molecule has 4 aromatic rings. The summed E-state index contributed by atoms with van der Waals surface area (Å²) in [6, 6.07) is 8.05. The number of benzene rings is 3. The molecule has 0 unspecified atom stereocenters. The van der Waals surface area contributed by atoms with Gasteiger partial charge in [-0.05, 0) is 90.2 Å². The molecule has 264 valence electrons. The van der Waals surface area contributed by atoms with Crippen LogP contribution in [-0.2, 0) is 29.8 Å². The fraction of sp³-hybridized carbons (Fsp3) is 0.265. The number of nitrogens with zero attached hydrogens (tertiary/aromatic N) is 2. The number of alkyl halides is 9. The van der Waals surface area contributed by atoms with E-state index in [-0.39, 0.29) is 34.2 Å². The Kier molecular flexibility index (Phi) is 9.27. The zero-order valence-electron chi connectivity index (χ0n) is 26.1. The van der Waals surface area contributed by atoms with Gasteiger partial charge < -0.3 is 14.6 Å². The number of rotatable bonds is 7. The number of carboxylic acids is 1. The van der Waals surface area contributed by atoms with E-state index in [1.54, 1.807) is 6.92 Å². The Balaban J connectivity index is 1.59. The summed E-state index contributed by atoms with van der Waals surface area (Å²) < 4.78 is 134. The molecule has 0 saturated carbocycles. The Hall–Kier alpha value is -5.28. The molecule has 1 aromatic heterocycles. The van der Waals surface area contributed by atoms with Crippen molar-refractivity contribution in [2.24, 2.45) is 0 Å². The van der Waals surface area contributed by atoms with E-state index >= 15 is 0 Å². The van der Waals surface area contributed by atoms with E-state index < -0.39 is 71.5 Å². The SMILES string of the molecule is COc1ncc(-c2ccc(C(=O)O)cc2C)cc1-c1ccc(C(F)(F)F)cc1CN1C(=O)O[C@H](c2cc(C(F)(F)F)cc(C(F)(F)F)c2)[C@@H]1C. The Bertz CT molecular complexity index is 1940. The van der Waals surface area contributed by atoms with Crippen molar-refractivity contribution < 1.29 is 63.7 Å². The highest BCUT2D eigenvalue weighted by Gasteiger charge is 2.44. The third-order valence-corrected chi connectivity index (χ3v) is 8.22. The second kappa shape index (κ2) is 12.9. The van der Waals surface area contributed by atoms with Gasteiger partial charge in [-0.3, -0.25) is 4.90 Å². The Morgan fingerprint density at radius 1 is 0.840 bits per heavy atom. The fourth-order valence-corrected chi connectivity index (χ4v) is 5.73. The molecule has 1 fully saturated rings. The van der Waals surface area contributed by atoms with Crippen LogP contribution in [0.4, 0.5) is 44.3 Å². The van der Waals surface area contributed by atoms with Crippen LogP contribution in [0.25, 0.3) is 22.3 Å². The lowest BCUT2D eigenvalue weighted by atomic mass is 9.93. The van der Waals surface area contributed by atoms with Crippen molar-refractivity contribution >= 4 is 12.1 Å². The number of carbonyl (C=O) groups is 2. The van der Waals surface area contributed by atoms with E-state index in [9.17, 15) is 54.2 Å². The van der Waals surface area contributed by atoms with E-state index in [1.807, 2.05) is 0 Å². The zero-order chi connectivity index (χ0) is 36.9. The quantitative estimate of drug-likeness (QED) is 0.192. The van der Waals surface area contributed by atoms with Gasteiger partial charge in [-0.15, -0.1) is 0 Å². The maximum absolute atomic E-state index is 13.9. The van der Waals surface area contributed by atoms with Gasteiger partial charge in [-0.25, -0.2) is 14.6 Å². The molecule has 0 radical (unpaired) electrons.